The molecule has 0 amide bonds. The molecule has 1 aromatic heterocycles. The lowest BCUT2D eigenvalue weighted by Gasteiger charge is -2.04. The molecule has 2 rings (SSSR count). The van der Waals surface area contributed by atoms with Gasteiger partial charge in [0, 0.05) is 0 Å². The SMILES string of the molecule is CCCCOc1ccc(/C=N\n2c(=O)cn[nH]c2=S)cc1. The predicted octanol–water partition coefficient (Wildman–Crippen LogP) is 2.36. The first-order valence-electron chi connectivity index (χ1n) is 6.64. The minimum atomic E-state index is -0.380. The van der Waals surface area contributed by atoms with Gasteiger partial charge in [-0.2, -0.15) is 14.9 Å². The van der Waals surface area contributed by atoms with Crippen molar-refractivity contribution in [3.8, 4) is 5.75 Å². The number of nitrogens with one attached hydrogen (secondary N) is 1. The van der Waals surface area contributed by atoms with Gasteiger partial charge in [0.2, 0.25) is 4.77 Å². The molecule has 7 heteroatoms. The van der Waals surface area contributed by atoms with Gasteiger partial charge in [0.05, 0.1) is 12.8 Å². The van der Waals surface area contributed by atoms with Crippen LogP contribution in [0.1, 0.15) is 25.3 Å². The second kappa shape index (κ2) is 7.49. The average Bonchev–Trinajstić information content (AvgIpc) is 2.48. The molecule has 2 aromatic rings. The molecule has 1 aromatic carbocycles. The van der Waals surface area contributed by atoms with Crippen LogP contribution in [0.2, 0.25) is 0 Å². The first-order valence-corrected chi connectivity index (χ1v) is 7.05. The molecule has 6 nitrogen and oxygen atoms in total. The van der Waals surface area contributed by atoms with Crippen molar-refractivity contribution in [3.63, 3.8) is 0 Å². The van der Waals surface area contributed by atoms with E-state index in [0.717, 1.165) is 35.0 Å². The average molecular weight is 304 g/mol. The van der Waals surface area contributed by atoms with E-state index in [4.69, 9.17) is 17.0 Å². The third-order valence-electron chi connectivity index (χ3n) is 2.71. The summed E-state index contributed by atoms with van der Waals surface area (Å²) >= 11 is 4.95. The first kappa shape index (κ1) is 15.1. The number of hydrogen-bond donors (Lipinski definition) is 1. The summed E-state index contributed by atoms with van der Waals surface area (Å²) in [5, 5.41) is 10.1. The van der Waals surface area contributed by atoms with Gasteiger partial charge in [0.1, 0.15) is 11.9 Å². The van der Waals surface area contributed by atoms with Gasteiger partial charge in [-0.05, 0) is 48.5 Å². The summed E-state index contributed by atoms with van der Waals surface area (Å²) in [5.74, 6) is 0.818. The third-order valence-corrected chi connectivity index (χ3v) is 2.97. The van der Waals surface area contributed by atoms with E-state index in [9.17, 15) is 4.79 Å². The molecule has 0 saturated heterocycles. The van der Waals surface area contributed by atoms with Crippen molar-refractivity contribution in [2.75, 3.05) is 6.61 Å². The first-order chi connectivity index (χ1) is 10.2. The van der Waals surface area contributed by atoms with Crippen molar-refractivity contribution in [3.05, 3.63) is 51.2 Å². The van der Waals surface area contributed by atoms with E-state index in [1.165, 1.54) is 0 Å². The Hall–Kier alpha value is -2.28. The van der Waals surface area contributed by atoms with E-state index < -0.39 is 0 Å². The molecule has 0 fully saturated rings. The van der Waals surface area contributed by atoms with Crippen LogP contribution in [0.25, 0.3) is 0 Å². The summed E-state index contributed by atoms with van der Waals surface area (Å²) in [5.41, 5.74) is 0.463. The maximum Gasteiger partial charge on any atom is 0.293 e. The lowest BCUT2D eigenvalue weighted by atomic mass is 10.2. The molecule has 110 valence electrons. The van der Waals surface area contributed by atoms with E-state index >= 15 is 0 Å². The molecule has 0 atom stereocenters. The molecule has 0 saturated carbocycles. The molecule has 0 aliphatic heterocycles. The summed E-state index contributed by atoms with van der Waals surface area (Å²) < 4.78 is 6.80. The molecular formula is C14H16N4O2S. The monoisotopic (exact) mass is 304 g/mol. The van der Waals surface area contributed by atoms with Crippen molar-refractivity contribution in [1.82, 2.24) is 14.9 Å². The number of rotatable bonds is 6. The Morgan fingerprint density at radius 3 is 2.86 bits per heavy atom. The molecule has 1 heterocycles. The van der Waals surface area contributed by atoms with Crippen LogP contribution in [0.5, 0.6) is 5.75 Å². The van der Waals surface area contributed by atoms with Crippen LogP contribution in [0.3, 0.4) is 0 Å². The molecule has 1 N–H and O–H groups in total. The molecular weight excluding hydrogens is 288 g/mol. The molecule has 0 unspecified atom stereocenters. The lowest BCUT2D eigenvalue weighted by molar-refractivity contribution is 0.309. The Morgan fingerprint density at radius 2 is 2.19 bits per heavy atom. The maximum atomic E-state index is 11.5. The van der Waals surface area contributed by atoms with Gasteiger partial charge in [-0.15, -0.1) is 0 Å². The van der Waals surface area contributed by atoms with Crippen LogP contribution in [0, 0.1) is 4.77 Å². The van der Waals surface area contributed by atoms with Gasteiger partial charge in [-0.25, -0.2) is 0 Å². The van der Waals surface area contributed by atoms with E-state index in [-0.39, 0.29) is 10.3 Å². The Labute approximate surface area is 127 Å². The second-order valence-corrected chi connectivity index (χ2v) is 4.73. The van der Waals surface area contributed by atoms with E-state index in [0.29, 0.717) is 6.61 Å². The highest BCUT2D eigenvalue weighted by Crippen LogP contribution is 2.11. The summed E-state index contributed by atoms with van der Waals surface area (Å²) in [6.07, 6.45) is 4.82. The third kappa shape index (κ3) is 4.35. The van der Waals surface area contributed by atoms with Gasteiger partial charge >= 0.3 is 0 Å². The minimum absolute atomic E-state index is 0.151. The Balaban J connectivity index is 2.08. The van der Waals surface area contributed by atoms with Crippen LogP contribution in [-0.4, -0.2) is 27.7 Å². The summed E-state index contributed by atoms with van der Waals surface area (Å²) in [6, 6.07) is 7.47. The fourth-order valence-electron chi connectivity index (χ4n) is 1.56. The zero-order chi connectivity index (χ0) is 15.1. The predicted molar refractivity (Wildman–Crippen MR) is 83.5 cm³/mol. The molecule has 0 radical (unpaired) electrons. The Kier molecular flexibility index (Phi) is 5.39. The maximum absolute atomic E-state index is 11.5. The number of unbranched alkanes of at least 4 members (excludes halogenated alkanes) is 1. The van der Waals surface area contributed by atoms with Crippen LogP contribution in [-0.2, 0) is 0 Å². The smallest absolute Gasteiger partial charge is 0.293 e. The van der Waals surface area contributed by atoms with Crippen LogP contribution in [0.4, 0.5) is 0 Å². The summed E-state index contributed by atoms with van der Waals surface area (Å²) in [7, 11) is 0. The van der Waals surface area contributed by atoms with Crippen LogP contribution in [0.15, 0.2) is 40.4 Å². The zero-order valence-corrected chi connectivity index (χ0v) is 12.5. The van der Waals surface area contributed by atoms with E-state index in [1.807, 2.05) is 24.3 Å². The fraction of sp³-hybridized carbons (Fsp3) is 0.286. The highest BCUT2D eigenvalue weighted by atomic mass is 32.1. The largest absolute Gasteiger partial charge is 0.494 e. The zero-order valence-electron chi connectivity index (χ0n) is 11.7. The van der Waals surface area contributed by atoms with Crippen molar-refractivity contribution < 1.29 is 4.74 Å². The Bertz CT molecular complexity index is 690. The number of ether oxygens (including phenoxy) is 1. The molecule has 0 spiro atoms. The molecule has 0 bridgehead atoms. The van der Waals surface area contributed by atoms with Crippen molar-refractivity contribution in [2.24, 2.45) is 5.10 Å². The number of hydrogen-bond acceptors (Lipinski definition) is 5. The van der Waals surface area contributed by atoms with Crippen LogP contribution < -0.4 is 10.3 Å². The highest BCUT2D eigenvalue weighted by Gasteiger charge is 1.96. The number of aromatic amines is 1. The number of nitrogens with zero attached hydrogens (tertiary/aromatic N) is 3. The van der Waals surface area contributed by atoms with Gasteiger partial charge in [0.25, 0.3) is 5.56 Å². The van der Waals surface area contributed by atoms with E-state index in [2.05, 4.69) is 22.2 Å². The summed E-state index contributed by atoms with van der Waals surface area (Å²) in [6.45, 7) is 2.83. The van der Waals surface area contributed by atoms with Crippen LogP contribution >= 0.6 is 12.2 Å². The van der Waals surface area contributed by atoms with Gasteiger partial charge in [-0.1, -0.05) is 13.3 Å². The van der Waals surface area contributed by atoms with Crippen molar-refractivity contribution >= 4 is 18.4 Å². The minimum Gasteiger partial charge on any atom is -0.494 e. The topological polar surface area (TPSA) is 72.3 Å². The van der Waals surface area contributed by atoms with Crippen molar-refractivity contribution in [2.45, 2.75) is 19.8 Å². The fourth-order valence-corrected chi connectivity index (χ4v) is 1.75. The standard InChI is InChI=1S/C14H16N4O2S/c1-2-3-8-20-12-6-4-11(5-7-12)9-16-18-13(19)10-15-17-14(18)21/h4-7,9-10H,2-3,8H2,1H3,(H,17,21)/b16-9-. The van der Waals surface area contributed by atoms with Gasteiger partial charge in [0.15, 0.2) is 0 Å². The molecule has 0 aliphatic carbocycles. The second-order valence-electron chi connectivity index (χ2n) is 4.34. The highest BCUT2D eigenvalue weighted by molar-refractivity contribution is 7.71. The normalized spacial score (nSPS) is 10.9. The van der Waals surface area contributed by atoms with E-state index in [1.54, 1.807) is 6.21 Å². The summed E-state index contributed by atoms with van der Waals surface area (Å²) in [4.78, 5) is 11.5. The lowest BCUT2D eigenvalue weighted by Crippen LogP contribution is -2.18. The van der Waals surface area contributed by atoms with Gasteiger partial charge in [-0.3, -0.25) is 9.89 Å². The Morgan fingerprint density at radius 1 is 1.43 bits per heavy atom. The molecule has 21 heavy (non-hydrogen) atoms. The molecule has 0 aliphatic rings. The van der Waals surface area contributed by atoms with Gasteiger partial charge < -0.3 is 4.74 Å². The number of aromatic nitrogens is 3. The van der Waals surface area contributed by atoms with Crippen molar-refractivity contribution in [1.29, 1.82) is 0 Å². The number of benzene rings is 1. The quantitative estimate of drug-likeness (QED) is 0.505. The number of H-pyrrole nitrogens is 1.